The first kappa shape index (κ1) is 8.90. The fraction of sp³-hybridized carbons (Fsp3) is 0.917. The lowest BCUT2D eigenvalue weighted by Crippen LogP contribution is -2.56. The minimum atomic E-state index is 0.808. The van der Waals surface area contributed by atoms with Crippen LogP contribution >= 0.6 is 0 Å². The van der Waals surface area contributed by atoms with Crippen LogP contribution in [-0.2, 0) is 0 Å². The Hall–Kier alpha value is -0.370. The van der Waals surface area contributed by atoms with Crippen molar-refractivity contribution in [2.45, 2.75) is 38.6 Å². The summed E-state index contributed by atoms with van der Waals surface area (Å²) in [6.45, 7) is 6.07. The molecule has 0 N–H and O–H groups in total. The van der Waals surface area contributed by atoms with Crippen molar-refractivity contribution in [2.75, 3.05) is 19.6 Å². The van der Waals surface area contributed by atoms with Crippen LogP contribution < -0.4 is 0 Å². The van der Waals surface area contributed by atoms with Gasteiger partial charge in [-0.15, -0.1) is 0 Å². The molecule has 0 spiro atoms. The third kappa shape index (κ3) is 1.23. The Morgan fingerprint density at radius 2 is 2.00 bits per heavy atom. The summed E-state index contributed by atoms with van der Waals surface area (Å²) in [6.07, 6.45) is 5.62. The Morgan fingerprint density at radius 3 is 2.86 bits per heavy atom. The average molecular weight is 192 g/mol. The molecule has 0 radical (unpaired) electrons. The number of piperidine rings is 2. The lowest BCUT2D eigenvalue weighted by Gasteiger charge is -2.50. The van der Waals surface area contributed by atoms with Crippen molar-refractivity contribution in [3.8, 4) is 0 Å². The molecule has 2 fully saturated rings. The van der Waals surface area contributed by atoms with Gasteiger partial charge in [-0.05, 0) is 51.6 Å². The van der Waals surface area contributed by atoms with Gasteiger partial charge in [0.15, 0.2) is 0 Å². The maximum atomic E-state index is 4.72. The van der Waals surface area contributed by atoms with Crippen LogP contribution in [0.2, 0.25) is 0 Å². The van der Waals surface area contributed by atoms with E-state index >= 15 is 0 Å². The van der Waals surface area contributed by atoms with Gasteiger partial charge in [0.2, 0.25) is 0 Å². The number of hydrogen-bond acceptors (Lipinski definition) is 2. The van der Waals surface area contributed by atoms with Gasteiger partial charge in [0.1, 0.15) is 0 Å². The summed E-state index contributed by atoms with van der Waals surface area (Å²) in [5.41, 5.74) is 1.44. The number of aliphatic imine (C=N–C) groups is 1. The molecule has 3 heterocycles. The van der Waals surface area contributed by atoms with Crippen molar-refractivity contribution in [2.24, 2.45) is 16.8 Å². The molecule has 0 aromatic rings. The van der Waals surface area contributed by atoms with E-state index in [1.54, 1.807) is 0 Å². The Balaban J connectivity index is 1.91. The lowest BCUT2D eigenvalue weighted by atomic mass is 9.73. The largest absolute Gasteiger partial charge is 0.299 e. The fourth-order valence-electron chi connectivity index (χ4n) is 3.74. The van der Waals surface area contributed by atoms with Gasteiger partial charge in [-0.3, -0.25) is 9.89 Å². The van der Waals surface area contributed by atoms with Crippen molar-refractivity contribution >= 4 is 5.71 Å². The summed E-state index contributed by atoms with van der Waals surface area (Å²) in [7, 11) is 0. The predicted molar refractivity (Wildman–Crippen MR) is 58.8 cm³/mol. The third-order valence-corrected chi connectivity index (χ3v) is 4.41. The van der Waals surface area contributed by atoms with E-state index in [1.807, 2.05) is 0 Å². The molecule has 0 aliphatic carbocycles. The van der Waals surface area contributed by atoms with E-state index in [4.69, 9.17) is 4.99 Å². The van der Waals surface area contributed by atoms with Crippen molar-refractivity contribution in [1.82, 2.24) is 4.90 Å². The van der Waals surface area contributed by atoms with Gasteiger partial charge in [0.05, 0.1) is 0 Å². The first-order chi connectivity index (χ1) is 6.86. The van der Waals surface area contributed by atoms with Gasteiger partial charge in [-0.25, -0.2) is 0 Å². The van der Waals surface area contributed by atoms with E-state index in [0.29, 0.717) is 0 Å². The standard InChI is InChI=1S/C12H20N2/c1-9-11-5-3-7-14-6-2-4-10(8-13-9)12(11)14/h10-12H,2-8H2,1H3/t10-,11-,12-/m0/s1. The molecule has 3 aliphatic rings. The van der Waals surface area contributed by atoms with E-state index in [2.05, 4.69) is 11.8 Å². The maximum absolute atomic E-state index is 4.72. The van der Waals surface area contributed by atoms with Gasteiger partial charge in [-0.1, -0.05) is 0 Å². The summed E-state index contributed by atoms with van der Waals surface area (Å²) < 4.78 is 0. The second kappa shape index (κ2) is 3.34. The molecule has 3 aliphatic heterocycles. The van der Waals surface area contributed by atoms with Crippen LogP contribution in [0.25, 0.3) is 0 Å². The highest BCUT2D eigenvalue weighted by Crippen LogP contribution is 2.38. The Morgan fingerprint density at radius 1 is 1.21 bits per heavy atom. The van der Waals surface area contributed by atoms with Crippen molar-refractivity contribution in [3.63, 3.8) is 0 Å². The van der Waals surface area contributed by atoms with Gasteiger partial charge in [0, 0.05) is 24.2 Å². The molecule has 3 rings (SSSR count). The number of hydrogen-bond donors (Lipinski definition) is 0. The molecular weight excluding hydrogens is 172 g/mol. The zero-order valence-corrected chi connectivity index (χ0v) is 9.08. The molecule has 78 valence electrons. The van der Waals surface area contributed by atoms with Crippen molar-refractivity contribution in [3.05, 3.63) is 0 Å². The molecule has 0 aromatic heterocycles. The lowest BCUT2D eigenvalue weighted by molar-refractivity contribution is 0.0362. The summed E-state index contributed by atoms with van der Waals surface area (Å²) in [4.78, 5) is 7.48. The molecule has 2 heteroatoms. The van der Waals surface area contributed by atoms with Crippen LogP contribution in [0.1, 0.15) is 32.6 Å². The molecule has 0 unspecified atom stereocenters. The number of rotatable bonds is 0. The highest BCUT2D eigenvalue weighted by atomic mass is 15.2. The molecular formula is C12H20N2. The summed E-state index contributed by atoms with van der Waals surface area (Å²) in [5, 5.41) is 0. The molecule has 0 amide bonds. The maximum Gasteiger partial charge on any atom is 0.0432 e. The van der Waals surface area contributed by atoms with Gasteiger partial charge in [0.25, 0.3) is 0 Å². The van der Waals surface area contributed by atoms with E-state index in [0.717, 1.165) is 24.4 Å². The topological polar surface area (TPSA) is 15.6 Å². The smallest absolute Gasteiger partial charge is 0.0432 e. The van der Waals surface area contributed by atoms with Gasteiger partial charge in [-0.2, -0.15) is 0 Å². The quantitative estimate of drug-likeness (QED) is 0.573. The highest BCUT2D eigenvalue weighted by Gasteiger charge is 2.42. The minimum Gasteiger partial charge on any atom is -0.299 e. The third-order valence-electron chi connectivity index (χ3n) is 4.41. The fourth-order valence-corrected chi connectivity index (χ4v) is 3.74. The van der Waals surface area contributed by atoms with Crippen LogP contribution in [0.3, 0.4) is 0 Å². The second-order valence-electron chi connectivity index (χ2n) is 5.16. The summed E-state index contributed by atoms with van der Waals surface area (Å²) in [6, 6.07) is 0.870. The minimum absolute atomic E-state index is 0.808. The molecule has 0 saturated carbocycles. The molecule has 0 bridgehead atoms. The van der Waals surface area contributed by atoms with Crippen LogP contribution in [0.4, 0.5) is 0 Å². The first-order valence-electron chi connectivity index (χ1n) is 6.11. The van der Waals surface area contributed by atoms with Gasteiger partial charge >= 0.3 is 0 Å². The van der Waals surface area contributed by atoms with Crippen LogP contribution in [-0.4, -0.2) is 36.3 Å². The Bertz CT molecular complexity index is 257. The first-order valence-corrected chi connectivity index (χ1v) is 6.11. The zero-order valence-electron chi connectivity index (χ0n) is 9.08. The predicted octanol–water partition coefficient (Wildman–Crippen LogP) is 1.95. The van der Waals surface area contributed by atoms with Crippen molar-refractivity contribution < 1.29 is 0 Å². The molecule has 2 nitrogen and oxygen atoms in total. The van der Waals surface area contributed by atoms with Crippen LogP contribution in [0.5, 0.6) is 0 Å². The Kier molecular flexibility index (Phi) is 2.12. The van der Waals surface area contributed by atoms with E-state index < -0.39 is 0 Å². The monoisotopic (exact) mass is 192 g/mol. The SMILES string of the molecule is CC1=NC[C@@H]2CCCN3CCC[C@@H]1[C@H]23. The highest BCUT2D eigenvalue weighted by molar-refractivity contribution is 5.85. The van der Waals surface area contributed by atoms with E-state index in [9.17, 15) is 0 Å². The van der Waals surface area contributed by atoms with E-state index in [-0.39, 0.29) is 0 Å². The van der Waals surface area contributed by atoms with E-state index in [1.165, 1.54) is 44.5 Å². The summed E-state index contributed by atoms with van der Waals surface area (Å²) >= 11 is 0. The van der Waals surface area contributed by atoms with Crippen molar-refractivity contribution in [1.29, 1.82) is 0 Å². The van der Waals surface area contributed by atoms with Gasteiger partial charge < -0.3 is 0 Å². The molecule has 14 heavy (non-hydrogen) atoms. The summed E-state index contributed by atoms with van der Waals surface area (Å²) in [5.74, 6) is 1.69. The molecule has 2 saturated heterocycles. The average Bonchev–Trinajstić information content (AvgIpc) is 2.24. The normalized spacial score (nSPS) is 42.9. The Labute approximate surface area is 86.4 Å². The second-order valence-corrected chi connectivity index (χ2v) is 5.16. The van der Waals surface area contributed by atoms with Crippen LogP contribution in [0, 0.1) is 11.8 Å². The van der Waals surface area contributed by atoms with Crippen LogP contribution in [0.15, 0.2) is 4.99 Å². The number of nitrogens with zero attached hydrogens (tertiary/aromatic N) is 2. The molecule has 0 aromatic carbocycles. The zero-order chi connectivity index (χ0) is 9.54. The molecule has 3 atom stereocenters.